The van der Waals surface area contributed by atoms with Crippen LogP contribution in [0.3, 0.4) is 0 Å². The van der Waals surface area contributed by atoms with Crippen LogP contribution in [0.4, 0.5) is 5.69 Å². The zero-order valence-corrected chi connectivity index (χ0v) is 16.1. The van der Waals surface area contributed by atoms with Gasteiger partial charge in [0, 0.05) is 46.8 Å². The Morgan fingerprint density at radius 2 is 1.83 bits per heavy atom. The van der Waals surface area contributed by atoms with Crippen molar-refractivity contribution >= 4 is 22.9 Å². The van der Waals surface area contributed by atoms with Crippen LogP contribution in [-0.4, -0.2) is 27.3 Å². The first-order chi connectivity index (χ1) is 14.2. The van der Waals surface area contributed by atoms with Crippen molar-refractivity contribution in [2.45, 2.75) is 50.0 Å². The molecule has 6 heteroatoms. The Hall–Kier alpha value is -3.33. The van der Waals surface area contributed by atoms with Crippen LogP contribution in [-0.2, 0) is 10.2 Å². The molecule has 2 aliphatic carbocycles. The SMILES string of the molecule is N#Cc1ncc(-c2ccc3ncc(C4(C=O)CC4)c(NC4CCCC4)c3c2)cn1. The van der Waals surface area contributed by atoms with Gasteiger partial charge in [-0.15, -0.1) is 0 Å². The van der Waals surface area contributed by atoms with E-state index in [9.17, 15) is 4.79 Å². The Morgan fingerprint density at radius 3 is 2.48 bits per heavy atom. The summed E-state index contributed by atoms with van der Waals surface area (Å²) < 4.78 is 0. The highest BCUT2D eigenvalue weighted by Gasteiger charge is 2.46. The fraction of sp³-hybridized carbons (Fsp3) is 0.348. The van der Waals surface area contributed by atoms with E-state index in [1.54, 1.807) is 12.4 Å². The molecule has 3 aromatic rings. The van der Waals surface area contributed by atoms with Crippen molar-refractivity contribution in [1.29, 1.82) is 5.26 Å². The molecular formula is C23H21N5O. The summed E-state index contributed by atoms with van der Waals surface area (Å²) in [7, 11) is 0. The standard InChI is InChI=1S/C23H21N5O/c24-10-21-26-11-16(12-27-21)15-5-6-20-18(9-15)22(28-17-3-1-2-4-17)19(13-25-20)23(14-29)7-8-23/h5-6,9,11-14,17H,1-4,7-8H2,(H,25,28). The maximum Gasteiger partial charge on any atom is 0.232 e. The number of nitrogens with zero attached hydrogens (tertiary/aromatic N) is 4. The van der Waals surface area contributed by atoms with Gasteiger partial charge in [0.05, 0.1) is 10.9 Å². The van der Waals surface area contributed by atoms with E-state index < -0.39 is 5.41 Å². The van der Waals surface area contributed by atoms with Crippen molar-refractivity contribution in [1.82, 2.24) is 15.0 Å². The zero-order chi connectivity index (χ0) is 19.8. The second-order valence-electron chi connectivity index (χ2n) is 8.09. The normalized spacial score (nSPS) is 17.8. The van der Waals surface area contributed by atoms with Crippen LogP contribution in [0.2, 0.25) is 0 Å². The number of fused-ring (bicyclic) bond motifs is 1. The molecule has 2 heterocycles. The lowest BCUT2D eigenvalue weighted by atomic mass is 9.93. The van der Waals surface area contributed by atoms with E-state index in [-0.39, 0.29) is 5.82 Å². The van der Waals surface area contributed by atoms with Crippen molar-refractivity contribution in [2.24, 2.45) is 0 Å². The van der Waals surface area contributed by atoms with Crippen LogP contribution in [0.25, 0.3) is 22.0 Å². The molecule has 0 radical (unpaired) electrons. The highest BCUT2D eigenvalue weighted by Crippen LogP contribution is 2.50. The van der Waals surface area contributed by atoms with Crippen LogP contribution >= 0.6 is 0 Å². The number of aldehydes is 1. The van der Waals surface area contributed by atoms with Gasteiger partial charge in [-0.3, -0.25) is 4.98 Å². The second-order valence-corrected chi connectivity index (χ2v) is 8.09. The second kappa shape index (κ2) is 6.93. The summed E-state index contributed by atoms with van der Waals surface area (Å²) in [6.07, 6.45) is 12.9. The van der Waals surface area contributed by atoms with Crippen molar-refractivity contribution < 1.29 is 4.79 Å². The molecule has 5 rings (SSSR count). The number of hydrogen-bond donors (Lipinski definition) is 1. The highest BCUT2D eigenvalue weighted by molar-refractivity contribution is 5.98. The molecule has 0 aliphatic heterocycles. The Kier molecular flexibility index (Phi) is 4.24. The summed E-state index contributed by atoms with van der Waals surface area (Å²) in [6.45, 7) is 0. The molecule has 1 N–H and O–H groups in total. The quantitative estimate of drug-likeness (QED) is 0.666. The van der Waals surface area contributed by atoms with E-state index in [4.69, 9.17) is 5.26 Å². The molecule has 2 aliphatic rings. The molecule has 2 saturated carbocycles. The summed E-state index contributed by atoms with van der Waals surface area (Å²) in [5.41, 5.74) is 4.37. The van der Waals surface area contributed by atoms with Crippen molar-refractivity contribution in [3.8, 4) is 17.2 Å². The predicted molar refractivity (Wildman–Crippen MR) is 110 cm³/mol. The number of carbonyl (C=O) groups excluding carboxylic acids is 1. The van der Waals surface area contributed by atoms with E-state index in [0.29, 0.717) is 6.04 Å². The first-order valence-corrected chi connectivity index (χ1v) is 10.1. The minimum atomic E-state index is -0.393. The molecular weight excluding hydrogens is 362 g/mol. The van der Waals surface area contributed by atoms with Gasteiger partial charge in [0.1, 0.15) is 12.4 Å². The monoisotopic (exact) mass is 383 g/mol. The van der Waals surface area contributed by atoms with Gasteiger partial charge in [0.2, 0.25) is 5.82 Å². The molecule has 0 saturated heterocycles. The van der Waals surface area contributed by atoms with Gasteiger partial charge in [-0.05, 0) is 43.4 Å². The fourth-order valence-electron chi connectivity index (χ4n) is 4.30. The Balaban J connectivity index is 1.65. The Labute approximate surface area is 169 Å². The summed E-state index contributed by atoms with van der Waals surface area (Å²) in [4.78, 5) is 24.7. The van der Waals surface area contributed by atoms with E-state index in [0.717, 1.165) is 65.3 Å². The molecule has 0 bridgehead atoms. The minimum Gasteiger partial charge on any atom is -0.381 e. The minimum absolute atomic E-state index is 0.156. The smallest absolute Gasteiger partial charge is 0.232 e. The van der Waals surface area contributed by atoms with Crippen LogP contribution in [0.1, 0.15) is 49.9 Å². The van der Waals surface area contributed by atoms with E-state index in [1.165, 1.54) is 12.8 Å². The van der Waals surface area contributed by atoms with Crippen molar-refractivity contribution in [3.63, 3.8) is 0 Å². The number of benzene rings is 1. The highest BCUT2D eigenvalue weighted by atomic mass is 16.1. The van der Waals surface area contributed by atoms with Gasteiger partial charge < -0.3 is 10.1 Å². The number of pyridine rings is 1. The maximum atomic E-state index is 11.9. The lowest BCUT2D eigenvalue weighted by Gasteiger charge is -2.22. The van der Waals surface area contributed by atoms with E-state index >= 15 is 0 Å². The van der Waals surface area contributed by atoms with Gasteiger partial charge in [0.25, 0.3) is 0 Å². The van der Waals surface area contributed by atoms with Gasteiger partial charge in [-0.1, -0.05) is 18.9 Å². The molecule has 2 aromatic heterocycles. The number of anilines is 1. The van der Waals surface area contributed by atoms with Crippen LogP contribution in [0.5, 0.6) is 0 Å². The first kappa shape index (κ1) is 17.7. The molecule has 144 valence electrons. The number of nitriles is 1. The maximum absolute atomic E-state index is 11.9. The van der Waals surface area contributed by atoms with Gasteiger partial charge in [-0.2, -0.15) is 5.26 Å². The van der Waals surface area contributed by atoms with Gasteiger partial charge >= 0.3 is 0 Å². The molecule has 0 amide bonds. The third kappa shape index (κ3) is 3.13. The molecule has 1 aromatic carbocycles. The number of rotatable bonds is 5. The fourth-order valence-corrected chi connectivity index (χ4v) is 4.30. The van der Waals surface area contributed by atoms with E-state index in [2.05, 4.69) is 26.3 Å². The first-order valence-electron chi connectivity index (χ1n) is 10.1. The van der Waals surface area contributed by atoms with Crippen molar-refractivity contribution in [3.05, 3.63) is 48.2 Å². The average molecular weight is 383 g/mol. The summed E-state index contributed by atoms with van der Waals surface area (Å²) >= 11 is 0. The number of nitrogens with one attached hydrogen (secondary N) is 1. The number of carbonyl (C=O) groups is 1. The lowest BCUT2D eigenvalue weighted by molar-refractivity contribution is -0.109. The summed E-state index contributed by atoms with van der Waals surface area (Å²) in [6, 6.07) is 8.46. The summed E-state index contributed by atoms with van der Waals surface area (Å²) in [5.74, 6) is 0.156. The predicted octanol–water partition coefficient (Wildman–Crippen LogP) is 4.15. The molecule has 29 heavy (non-hydrogen) atoms. The largest absolute Gasteiger partial charge is 0.381 e. The molecule has 0 spiro atoms. The average Bonchev–Trinajstić information content (AvgIpc) is 3.40. The molecule has 0 atom stereocenters. The van der Waals surface area contributed by atoms with Crippen molar-refractivity contribution in [2.75, 3.05) is 5.32 Å². The van der Waals surface area contributed by atoms with Crippen LogP contribution in [0, 0.1) is 11.3 Å². The third-order valence-electron chi connectivity index (χ3n) is 6.21. The molecule has 2 fully saturated rings. The number of hydrogen-bond acceptors (Lipinski definition) is 6. The topological polar surface area (TPSA) is 91.6 Å². The summed E-state index contributed by atoms with van der Waals surface area (Å²) in [5, 5.41) is 13.7. The lowest BCUT2D eigenvalue weighted by Crippen LogP contribution is -2.20. The van der Waals surface area contributed by atoms with Crippen LogP contribution in [0.15, 0.2) is 36.8 Å². The molecule has 0 unspecified atom stereocenters. The van der Waals surface area contributed by atoms with E-state index in [1.807, 2.05) is 24.4 Å². The Morgan fingerprint density at radius 1 is 1.07 bits per heavy atom. The zero-order valence-electron chi connectivity index (χ0n) is 16.1. The van der Waals surface area contributed by atoms with Crippen LogP contribution < -0.4 is 5.32 Å². The third-order valence-corrected chi connectivity index (χ3v) is 6.21. The molecule has 6 nitrogen and oxygen atoms in total. The number of aromatic nitrogens is 3. The van der Waals surface area contributed by atoms with Gasteiger partial charge in [0.15, 0.2) is 0 Å². The Bertz CT molecular complexity index is 1120. The van der Waals surface area contributed by atoms with Gasteiger partial charge in [-0.25, -0.2) is 9.97 Å².